The Labute approximate surface area is 149 Å². The van der Waals surface area contributed by atoms with Gasteiger partial charge in [0, 0.05) is 5.92 Å². The van der Waals surface area contributed by atoms with Gasteiger partial charge in [-0.1, -0.05) is 6.07 Å². The lowest BCUT2D eigenvalue weighted by molar-refractivity contribution is -0.123. The highest BCUT2D eigenvalue weighted by atomic mass is 16.7. The number of carbonyl (C=O) groups is 1. The maximum absolute atomic E-state index is 12.7. The first-order valence-electron chi connectivity index (χ1n) is 9.01. The van der Waals surface area contributed by atoms with Gasteiger partial charge in [-0.2, -0.15) is 0 Å². The molecule has 6 heteroatoms. The van der Waals surface area contributed by atoms with E-state index in [-0.39, 0.29) is 18.2 Å². The van der Waals surface area contributed by atoms with Crippen LogP contribution in [0.25, 0.3) is 0 Å². The summed E-state index contributed by atoms with van der Waals surface area (Å²) in [5.41, 5.74) is 1.81. The van der Waals surface area contributed by atoms with Crippen LogP contribution in [0.5, 0.6) is 5.75 Å². The van der Waals surface area contributed by atoms with E-state index in [9.17, 15) is 4.79 Å². The van der Waals surface area contributed by atoms with Crippen LogP contribution in [-0.4, -0.2) is 56.6 Å². The Balaban J connectivity index is 1.55. The summed E-state index contributed by atoms with van der Waals surface area (Å²) in [7, 11) is 1.61. The van der Waals surface area contributed by atoms with Crippen LogP contribution in [0.15, 0.2) is 18.2 Å². The smallest absolute Gasteiger partial charge is 0.241 e. The van der Waals surface area contributed by atoms with E-state index >= 15 is 0 Å². The molecule has 1 atom stereocenters. The van der Waals surface area contributed by atoms with Crippen molar-refractivity contribution in [3.63, 3.8) is 0 Å². The number of benzene rings is 1. The van der Waals surface area contributed by atoms with Crippen molar-refractivity contribution in [3.8, 4) is 5.75 Å². The molecule has 1 amide bonds. The Hall–Kier alpha value is -1.63. The molecule has 2 saturated heterocycles. The van der Waals surface area contributed by atoms with Crippen LogP contribution in [0.2, 0.25) is 0 Å². The number of hydrogen-bond acceptors (Lipinski definition) is 5. The summed E-state index contributed by atoms with van der Waals surface area (Å²) in [4.78, 5) is 14.9. The third kappa shape index (κ3) is 4.32. The molecular weight excluding hydrogens is 320 g/mol. The van der Waals surface area contributed by atoms with Gasteiger partial charge in [-0.3, -0.25) is 9.69 Å². The van der Waals surface area contributed by atoms with E-state index in [1.165, 1.54) is 0 Å². The Bertz CT molecular complexity index is 593. The molecule has 0 aromatic heterocycles. The predicted molar refractivity (Wildman–Crippen MR) is 95.8 cm³/mol. The first kappa shape index (κ1) is 18.2. The molecule has 0 bridgehead atoms. The van der Waals surface area contributed by atoms with Crippen molar-refractivity contribution in [2.75, 3.05) is 38.7 Å². The number of amides is 1. The standard InChI is InChI=1S/C19H28N2O4/c1-13-4-5-17(23-3)16(12-13)20-18(22)14(2)21-8-6-15(7-9-21)19-24-10-11-25-19/h4-5,12,14-15,19H,6-11H2,1-3H3,(H,20,22). The van der Waals surface area contributed by atoms with Crippen molar-refractivity contribution in [3.05, 3.63) is 23.8 Å². The summed E-state index contributed by atoms with van der Waals surface area (Å²) in [6.45, 7) is 7.11. The number of carbonyl (C=O) groups excluding carboxylic acids is 1. The third-order valence-electron chi connectivity index (χ3n) is 5.15. The average Bonchev–Trinajstić information content (AvgIpc) is 3.16. The Morgan fingerprint density at radius 1 is 1.28 bits per heavy atom. The van der Waals surface area contributed by atoms with Crippen LogP contribution in [0.1, 0.15) is 25.3 Å². The van der Waals surface area contributed by atoms with Crippen molar-refractivity contribution in [2.24, 2.45) is 5.92 Å². The Kier molecular flexibility index (Phi) is 5.93. The van der Waals surface area contributed by atoms with Gasteiger partial charge < -0.3 is 19.5 Å². The van der Waals surface area contributed by atoms with E-state index < -0.39 is 0 Å². The van der Waals surface area contributed by atoms with Crippen LogP contribution < -0.4 is 10.1 Å². The SMILES string of the molecule is COc1ccc(C)cc1NC(=O)C(C)N1CCC(C2OCCO2)CC1. The molecule has 2 aliphatic rings. The zero-order valence-electron chi connectivity index (χ0n) is 15.3. The molecule has 1 N–H and O–H groups in total. The maximum Gasteiger partial charge on any atom is 0.241 e. The number of nitrogens with one attached hydrogen (secondary N) is 1. The van der Waals surface area contributed by atoms with Gasteiger partial charge >= 0.3 is 0 Å². The van der Waals surface area contributed by atoms with Crippen molar-refractivity contribution in [1.82, 2.24) is 4.90 Å². The molecule has 1 unspecified atom stereocenters. The molecule has 0 aliphatic carbocycles. The van der Waals surface area contributed by atoms with E-state index in [4.69, 9.17) is 14.2 Å². The molecule has 25 heavy (non-hydrogen) atoms. The fourth-order valence-electron chi connectivity index (χ4n) is 3.55. The lowest BCUT2D eigenvalue weighted by atomic mass is 9.95. The molecule has 0 spiro atoms. The first-order valence-corrected chi connectivity index (χ1v) is 9.01. The molecule has 138 valence electrons. The van der Waals surface area contributed by atoms with E-state index in [1.54, 1.807) is 7.11 Å². The number of likely N-dealkylation sites (tertiary alicyclic amines) is 1. The van der Waals surface area contributed by atoms with Crippen molar-refractivity contribution in [1.29, 1.82) is 0 Å². The quantitative estimate of drug-likeness (QED) is 0.885. The normalized spacial score (nSPS) is 21.2. The van der Waals surface area contributed by atoms with Gasteiger partial charge in [0.25, 0.3) is 0 Å². The number of nitrogens with zero attached hydrogens (tertiary/aromatic N) is 1. The Morgan fingerprint density at radius 3 is 2.60 bits per heavy atom. The largest absolute Gasteiger partial charge is 0.495 e. The van der Waals surface area contributed by atoms with Gasteiger partial charge in [0.05, 0.1) is 32.1 Å². The summed E-state index contributed by atoms with van der Waals surface area (Å²) < 4.78 is 16.6. The van der Waals surface area contributed by atoms with Crippen molar-refractivity contribution < 1.29 is 19.0 Å². The summed E-state index contributed by atoms with van der Waals surface area (Å²) in [5, 5.41) is 3.01. The van der Waals surface area contributed by atoms with Gasteiger partial charge in [-0.15, -0.1) is 0 Å². The van der Waals surface area contributed by atoms with Crippen molar-refractivity contribution in [2.45, 2.75) is 39.0 Å². The molecule has 3 rings (SSSR count). The fourth-order valence-corrected chi connectivity index (χ4v) is 3.55. The van der Waals surface area contributed by atoms with Crippen LogP contribution in [0.3, 0.4) is 0 Å². The number of ether oxygens (including phenoxy) is 3. The molecule has 6 nitrogen and oxygen atoms in total. The highest BCUT2D eigenvalue weighted by Gasteiger charge is 2.33. The molecular formula is C19H28N2O4. The molecule has 2 heterocycles. The van der Waals surface area contributed by atoms with Gasteiger partial charge in [0.1, 0.15) is 5.75 Å². The van der Waals surface area contributed by atoms with Crippen LogP contribution in [0.4, 0.5) is 5.69 Å². The number of rotatable bonds is 5. The van der Waals surface area contributed by atoms with Crippen molar-refractivity contribution >= 4 is 11.6 Å². The molecule has 1 aromatic carbocycles. The highest BCUT2D eigenvalue weighted by Crippen LogP contribution is 2.28. The summed E-state index contributed by atoms with van der Waals surface area (Å²) in [6, 6.07) is 5.60. The number of hydrogen-bond donors (Lipinski definition) is 1. The minimum absolute atomic E-state index is 0.00397. The molecule has 1 aromatic rings. The molecule has 2 aliphatic heterocycles. The highest BCUT2D eigenvalue weighted by molar-refractivity contribution is 5.95. The lowest BCUT2D eigenvalue weighted by Gasteiger charge is -2.36. The van der Waals surface area contributed by atoms with Gasteiger partial charge in [0.15, 0.2) is 6.29 Å². The second-order valence-electron chi connectivity index (χ2n) is 6.85. The van der Waals surface area contributed by atoms with E-state index in [2.05, 4.69) is 10.2 Å². The lowest BCUT2D eigenvalue weighted by Crippen LogP contribution is -2.47. The van der Waals surface area contributed by atoms with Crippen LogP contribution >= 0.6 is 0 Å². The first-order chi connectivity index (χ1) is 12.1. The minimum Gasteiger partial charge on any atom is -0.495 e. The summed E-state index contributed by atoms with van der Waals surface area (Å²) in [5.74, 6) is 1.11. The van der Waals surface area contributed by atoms with E-state index in [0.29, 0.717) is 24.9 Å². The molecule has 0 radical (unpaired) electrons. The fraction of sp³-hybridized carbons (Fsp3) is 0.632. The van der Waals surface area contributed by atoms with E-state index in [0.717, 1.165) is 37.2 Å². The molecule has 2 fully saturated rings. The predicted octanol–water partition coefficient (Wildman–Crippen LogP) is 2.42. The zero-order chi connectivity index (χ0) is 17.8. The van der Waals surface area contributed by atoms with E-state index in [1.807, 2.05) is 32.0 Å². The van der Waals surface area contributed by atoms with Gasteiger partial charge in [-0.25, -0.2) is 0 Å². The zero-order valence-corrected chi connectivity index (χ0v) is 15.3. The molecule has 0 saturated carbocycles. The number of anilines is 1. The van der Waals surface area contributed by atoms with Crippen LogP contribution in [-0.2, 0) is 14.3 Å². The number of aryl methyl sites for hydroxylation is 1. The third-order valence-corrected chi connectivity index (χ3v) is 5.15. The average molecular weight is 348 g/mol. The monoisotopic (exact) mass is 348 g/mol. The minimum atomic E-state index is -0.184. The Morgan fingerprint density at radius 2 is 1.96 bits per heavy atom. The maximum atomic E-state index is 12.7. The second-order valence-corrected chi connectivity index (χ2v) is 6.85. The summed E-state index contributed by atoms with van der Waals surface area (Å²) >= 11 is 0. The summed E-state index contributed by atoms with van der Waals surface area (Å²) in [6.07, 6.45) is 1.94. The topological polar surface area (TPSA) is 60.0 Å². The second kappa shape index (κ2) is 8.17. The van der Waals surface area contributed by atoms with Gasteiger partial charge in [0.2, 0.25) is 5.91 Å². The number of methoxy groups -OCH3 is 1. The number of piperidine rings is 1. The van der Waals surface area contributed by atoms with Crippen LogP contribution in [0, 0.1) is 12.8 Å². The van der Waals surface area contributed by atoms with Gasteiger partial charge in [-0.05, 0) is 57.5 Å².